The Kier molecular flexibility index (Phi) is 3.61. The second kappa shape index (κ2) is 5.82. The molecule has 0 saturated carbocycles. The Bertz CT molecular complexity index is 816. The van der Waals surface area contributed by atoms with Crippen LogP contribution in [0.2, 0.25) is 0 Å². The Morgan fingerprint density at radius 2 is 2.08 bits per heavy atom. The number of rotatable bonds is 4. The van der Waals surface area contributed by atoms with Crippen LogP contribution in [0.4, 0.5) is 0 Å². The van der Waals surface area contributed by atoms with Crippen molar-refractivity contribution in [3.8, 4) is 11.5 Å². The van der Waals surface area contributed by atoms with Crippen LogP contribution in [0.15, 0.2) is 41.0 Å². The summed E-state index contributed by atoms with van der Waals surface area (Å²) >= 11 is 0. The lowest BCUT2D eigenvalue weighted by Crippen LogP contribution is -2.65. The predicted molar refractivity (Wildman–Crippen MR) is 81.6 cm³/mol. The molecule has 25 heavy (non-hydrogen) atoms. The third-order valence-corrected chi connectivity index (χ3v) is 4.16. The highest BCUT2D eigenvalue weighted by molar-refractivity contribution is 6.30. The minimum Gasteiger partial charge on any atom is -0.508 e. The number of benzene rings is 1. The number of nitrogens with one attached hydrogen (secondary N) is 1. The first kappa shape index (κ1) is 15.5. The molecule has 2 aliphatic heterocycles. The Morgan fingerprint density at radius 3 is 2.88 bits per heavy atom. The highest BCUT2D eigenvalue weighted by Gasteiger charge is 2.55. The van der Waals surface area contributed by atoms with E-state index in [2.05, 4.69) is 5.32 Å². The minimum atomic E-state index is -1.50. The normalized spacial score (nSPS) is 24.6. The van der Waals surface area contributed by atoms with Gasteiger partial charge in [0.05, 0.1) is 19.4 Å². The SMILES string of the molecule is O=C1OC2Cc3ccc(O)cc3OC2(CNCc2ccco2)OC1=O. The Labute approximate surface area is 142 Å². The van der Waals surface area contributed by atoms with E-state index < -0.39 is 23.8 Å². The number of carbonyl (C=O) groups is 2. The van der Waals surface area contributed by atoms with E-state index in [0.29, 0.717) is 24.5 Å². The fourth-order valence-corrected chi connectivity index (χ4v) is 2.97. The lowest BCUT2D eigenvalue weighted by atomic mass is 9.95. The van der Waals surface area contributed by atoms with Crippen LogP contribution in [0.3, 0.4) is 0 Å². The van der Waals surface area contributed by atoms with Gasteiger partial charge in [0, 0.05) is 12.5 Å². The average Bonchev–Trinajstić information content (AvgIpc) is 3.08. The smallest absolute Gasteiger partial charge is 0.420 e. The number of phenolic OH excluding ortho intramolecular Hbond substituents is 1. The second-order valence-corrected chi connectivity index (χ2v) is 5.88. The lowest BCUT2D eigenvalue weighted by molar-refractivity contribution is -0.265. The van der Waals surface area contributed by atoms with Gasteiger partial charge in [0.25, 0.3) is 0 Å². The number of furan rings is 1. The van der Waals surface area contributed by atoms with Crippen molar-refractivity contribution in [2.45, 2.75) is 24.9 Å². The molecule has 2 N–H and O–H groups in total. The van der Waals surface area contributed by atoms with E-state index in [4.69, 9.17) is 18.6 Å². The number of phenols is 1. The van der Waals surface area contributed by atoms with Crippen molar-refractivity contribution in [2.24, 2.45) is 0 Å². The molecule has 2 aliphatic rings. The van der Waals surface area contributed by atoms with Crippen LogP contribution in [0, 0.1) is 0 Å². The van der Waals surface area contributed by atoms with Gasteiger partial charge >= 0.3 is 17.7 Å². The lowest BCUT2D eigenvalue weighted by Gasteiger charge is -2.44. The molecule has 8 heteroatoms. The quantitative estimate of drug-likeness (QED) is 0.621. The molecule has 2 aromatic rings. The maximum Gasteiger partial charge on any atom is 0.420 e. The Morgan fingerprint density at radius 1 is 1.20 bits per heavy atom. The Hall–Kier alpha value is -3.00. The van der Waals surface area contributed by atoms with Crippen LogP contribution in [0.1, 0.15) is 11.3 Å². The van der Waals surface area contributed by atoms with Crippen molar-refractivity contribution in [1.29, 1.82) is 0 Å². The largest absolute Gasteiger partial charge is 0.508 e. The van der Waals surface area contributed by atoms with E-state index >= 15 is 0 Å². The van der Waals surface area contributed by atoms with Gasteiger partial charge in [-0.05, 0) is 23.8 Å². The van der Waals surface area contributed by atoms with Gasteiger partial charge in [-0.1, -0.05) is 6.07 Å². The molecule has 4 rings (SSSR count). The first-order chi connectivity index (χ1) is 12.1. The fourth-order valence-electron chi connectivity index (χ4n) is 2.97. The molecule has 0 aliphatic carbocycles. The van der Waals surface area contributed by atoms with Crippen LogP contribution in [0.25, 0.3) is 0 Å². The van der Waals surface area contributed by atoms with Crippen molar-refractivity contribution in [1.82, 2.24) is 5.32 Å². The molecule has 0 radical (unpaired) electrons. The zero-order valence-corrected chi connectivity index (χ0v) is 13.1. The third-order valence-electron chi connectivity index (χ3n) is 4.16. The minimum absolute atomic E-state index is 0.0232. The first-order valence-electron chi connectivity index (χ1n) is 7.74. The van der Waals surface area contributed by atoms with Crippen LogP contribution >= 0.6 is 0 Å². The van der Waals surface area contributed by atoms with E-state index in [0.717, 1.165) is 5.56 Å². The average molecular weight is 345 g/mol. The van der Waals surface area contributed by atoms with E-state index in [9.17, 15) is 14.7 Å². The maximum absolute atomic E-state index is 11.8. The molecule has 0 bridgehead atoms. The fraction of sp³-hybridized carbons (Fsp3) is 0.294. The number of aromatic hydroxyl groups is 1. The second-order valence-electron chi connectivity index (χ2n) is 5.88. The summed E-state index contributed by atoms with van der Waals surface area (Å²) in [6, 6.07) is 8.18. The van der Waals surface area contributed by atoms with E-state index in [1.165, 1.54) is 12.1 Å². The number of ether oxygens (including phenoxy) is 3. The molecular formula is C17H15NO7. The summed E-state index contributed by atoms with van der Waals surface area (Å²) in [5.41, 5.74) is 0.746. The van der Waals surface area contributed by atoms with E-state index in [1.807, 2.05) is 0 Å². The van der Waals surface area contributed by atoms with Crippen LogP contribution in [-0.2, 0) is 32.0 Å². The van der Waals surface area contributed by atoms with Gasteiger partial charge in [0.15, 0.2) is 6.10 Å². The molecule has 2 atom stereocenters. The number of hydrogen-bond donors (Lipinski definition) is 2. The summed E-state index contributed by atoms with van der Waals surface area (Å²) in [6.07, 6.45) is 1.06. The van der Waals surface area contributed by atoms with Crippen molar-refractivity contribution in [3.05, 3.63) is 47.9 Å². The molecule has 0 amide bonds. The zero-order valence-electron chi connectivity index (χ0n) is 13.1. The van der Waals surface area contributed by atoms with Gasteiger partial charge in [-0.2, -0.15) is 0 Å². The molecule has 1 aromatic carbocycles. The zero-order chi connectivity index (χ0) is 17.4. The van der Waals surface area contributed by atoms with Crippen molar-refractivity contribution in [3.63, 3.8) is 0 Å². The standard InChI is InChI=1S/C17H15NO7/c19-11-4-3-10-6-14-17(24-13(10)7-11,25-16(21)15(20)23-14)9-18-8-12-2-1-5-22-12/h1-5,7,14,18-19H,6,8-9H2. The molecule has 130 valence electrons. The molecule has 1 saturated heterocycles. The summed E-state index contributed by atoms with van der Waals surface area (Å²) < 4.78 is 21.6. The molecule has 8 nitrogen and oxygen atoms in total. The molecule has 2 unspecified atom stereocenters. The molecular weight excluding hydrogens is 330 g/mol. The summed E-state index contributed by atoms with van der Waals surface area (Å²) in [4.78, 5) is 23.3. The number of esters is 2. The van der Waals surface area contributed by atoms with E-state index in [1.54, 1.807) is 24.5 Å². The van der Waals surface area contributed by atoms with Gasteiger partial charge in [-0.25, -0.2) is 9.59 Å². The van der Waals surface area contributed by atoms with Gasteiger partial charge in [-0.15, -0.1) is 0 Å². The third kappa shape index (κ3) is 2.80. The van der Waals surface area contributed by atoms with E-state index in [-0.39, 0.29) is 12.3 Å². The summed E-state index contributed by atoms with van der Waals surface area (Å²) in [5, 5.41) is 12.7. The maximum atomic E-state index is 11.8. The van der Waals surface area contributed by atoms with Crippen molar-refractivity contribution >= 4 is 11.9 Å². The molecule has 3 heterocycles. The van der Waals surface area contributed by atoms with Gasteiger partial charge < -0.3 is 29.1 Å². The van der Waals surface area contributed by atoms with Crippen LogP contribution in [-0.4, -0.2) is 35.5 Å². The Balaban J connectivity index is 1.60. The predicted octanol–water partition coefficient (Wildman–Crippen LogP) is 0.875. The monoisotopic (exact) mass is 345 g/mol. The van der Waals surface area contributed by atoms with Gasteiger partial charge in [0.2, 0.25) is 0 Å². The summed E-state index contributed by atoms with van der Waals surface area (Å²) in [5.74, 6) is -2.56. The van der Waals surface area contributed by atoms with Crippen molar-refractivity contribution < 1.29 is 33.3 Å². The van der Waals surface area contributed by atoms with Gasteiger partial charge in [-0.3, -0.25) is 0 Å². The highest BCUT2D eigenvalue weighted by atomic mass is 16.8. The van der Waals surface area contributed by atoms with Crippen molar-refractivity contribution in [2.75, 3.05) is 6.54 Å². The van der Waals surface area contributed by atoms with Gasteiger partial charge in [0.1, 0.15) is 17.3 Å². The summed E-state index contributed by atoms with van der Waals surface area (Å²) in [7, 11) is 0. The molecule has 1 aromatic heterocycles. The number of fused-ring (bicyclic) bond motifs is 2. The molecule has 1 fully saturated rings. The summed E-state index contributed by atoms with van der Waals surface area (Å²) in [6.45, 7) is 0.454. The molecule has 0 spiro atoms. The van der Waals surface area contributed by atoms with Crippen LogP contribution < -0.4 is 10.1 Å². The number of carbonyl (C=O) groups excluding carboxylic acids is 2. The topological polar surface area (TPSA) is 107 Å². The first-order valence-corrected chi connectivity index (χ1v) is 7.74. The number of hydrogen-bond acceptors (Lipinski definition) is 8. The van der Waals surface area contributed by atoms with Crippen LogP contribution in [0.5, 0.6) is 11.5 Å². The highest BCUT2D eigenvalue weighted by Crippen LogP contribution is 2.39.